The van der Waals surface area contributed by atoms with Crippen LogP contribution in [0.2, 0.25) is 0 Å². The van der Waals surface area contributed by atoms with Crippen LogP contribution in [0.1, 0.15) is 12.8 Å². The van der Waals surface area contributed by atoms with E-state index in [9.17, 15) is 21.2 Å². The van der Waals surface area contributed by atoms with Crippen molar-refractivity contribution in [3.05, 3.63) is 24.0 Å². The highest BCUT2D eigenvalue weighted by atomic mass is 32.2. The Hall–Kier alpha value is -1.19. The second-order valence-corrected chi connectivity index (χ2v) is 8.79. The first kappa shape index (κ1) is 15.2. The lowest BCUT2D eigenvalue weighted by atomic mass is 10.2. The second kappa shape index (κ2) is 5.30. The molecule has 1 fully saturated rings. The first-order valence-electron chi connectivity index (χ1n) is 5.97. The van der Waals surface area contributed by atoms with Gasteiger partial charge in [0.1, 0.15) is 15.7 Å². The van der Waals surface area contributed by atoms with Gasteiger partial charge in [-0.1, -0.05) is 0 Å². The number of hydrogen-bond acceptors (Lipinski definition) is 5. The number of sulfonamides is 1. The minimum atomic E-state index is -3.91. The predicted octanol–water partition coefficient (Wildman–Crippen LogP) is 0.263. The van der Waals surface area contributed by atoms with E-state index in [0.29, 0.717) is 0 Å². The molecule has 0 spiro atoms. The van der Waals surface area contributed by atoms with Crippen LogP contribution in [-0.2, 0) is 19.9 Å². The van der Waals surface area contributed by atoms with E-state index in [1.807, 2.05) is 0 Å². The van der Waals surface area contributed by atoms with Gasteiger partial charge in [0, 0.05) is 11.7 Å². The minimum absolute atomic E-state index is 0.0107. The van der Waals surface area contributed by atoms with Gasteiger partial charge in [0.05, 0.1) is 16.4 Å². The lowest BCUT2D eigenvalue weighted by Gasteiger charge is -2.22. The summed E-state index contributed by atoms with van der Waals surface area (Å²) in [7, 11) is -6.97. The number of nitrogens with two attached hydrogens (primary N) is 1. The van der Waals surface area contributed by atoms with Gasteiger partial charge in [-0.15, -0.1) is 0 Å². The molecular formula is C11H15FN2O4S2. The molecule has 0 saturated carbocycles. The van der Waals surface area contributed by atoms with Crippen LogP contribution in [0, 0.1) is 5.82 Å². The fourth-order valence-electron chi connectivity index (χ4n) is 2.03. The van der Waals surface area contributed by atoms with E-state index in [2.05, 4.69) is 4.72 Å². The van der Waals surface area contributed by atoms with E-state index >= 15 is 0 Å². The van der Waals surface area contributed by atoms with Crippen LogP contribution in [0.25, 0.3) is 0 Å². The van der Waals surface area contributed by atoms with E-state index in [4.69, 9.17) is 5.73 Å². The van der Waals surface area contributed by atoms with Crippen LogP contribution >= 0.6 is 0 Å². The summed E-state index contributed by atoms with van der Waals surface area (Å²) in [5.41, 5.74) is 5.42. The third-order valence-electron chi connectivity index (χ3n) is 3.08. The van der Waals surface area contributed by atoms with Crippen LogP contribution in [0.5, 0.6) is 0 Å². The summed E-state index contributed by atoms with van der Waals surface area (Å²) in [6.07, 6.45) is 0.429. The zero-order valence-electron chi connectivity index (χ0n) is 10.5. The third-order valence-corrected chi connectivity index (χ3v) is 6.30. The quantitative estimate of drug-likeness (QED) is 0.777. The van der Waals surface area contributed by atoms with E-state index in [0.717, 1.165) is 18.2 Å². The molecule has 0 aromatic heterocycles. The van der Waals surface area contributed by atoms with Gasteiger partial charge < -0.3 is 5.73 Å². The van der Waals surface area contributed by atoms with Crippen molar-refractivity contribution < 1.29 is 21.2 Å². The lowest BCUT2D eigenvalue weighted by Crippen LogP contribution is -2.40. The molecule has 112 valence electrons. The zero-order chi connectivity index (χ0) is 15.0. The molecule has 0 radical (unpaired) electrons. The second-order valence-electron chi connectivity index (χ2n) is 4.77. The Kier molecular flexibility index (Phi) is 4.03. The van der Waals surface area contributed by atoms with Gasteiger partial charge in [0.25, 0.3) is 0 Å². The summed E-state index contributed by atoms with van der Waals surface area (Å²) in [6, 6.07) is 2.59. The van der Waals surface area contributed by atoms with Gasteiger partial charge in [0.15, 0.2) is 0 Å². The summed E-state index contributed by atoms with van der Waals surface area (Å²) < 4.78 is 62.3. The topological polar surface area (TPSA) is 106 Å². The van der Waals surface area contributed by atoms with Crippen molar-refractivity contribution in [2.45, 2.75) is 23.8 Å². The number of rotatable bonds is 3. The molecule has 0 aliphatic carbocycles. The minimum Gasteiger partial charge on any atom is -0.399 e. The van der Waals surface area contributed by atoms with E-state index in [1.165, 1.54) is 0 Å². The average Bonchev–Trinajstić information content (AvgIpc) is 2.30. The highest BCUT2D eigenvalue weighted by Gasteiger charge is 2.27. The molecule has 0 unspecified atom stereocenters. The van der Waals surface area contributed by atoms with Crippen LogP contribution in [-0.4, -0.2) is 34.4 Å². The molecule has 3 N–H and O–H groups in total. The van der Waals surface area contributed by atoms with E-state index in [1.54, 1.807) is 0 Å². The smallest absolute Gasteiger partial charge is 0.240 e. The molecule has 20 heavy (non-hydrogen) atoms. The van der Waals surface area contributed by atoms with E-state index in [-0.39, 0.29) is 34.9 Å². The van der Waals surface area contributed by atoms with Gasteiger partial charge in [0.2, 0.25) is 10.0 Å². The van der Waals surface area contributed by atoms with Gasteiger partial charge >= 0.3 is 0 Å². The van der Waals surface area contributed by atoms with Crippen molar-refractivity contribution in [1.29, 1.82) is 0 Å². The lowest BCUT2D eigenvalue weighted by molar-refractivity contribution is 0.505. The summed E-state index contributed by atoms with van der Waals surface area (Å²) in [5, 5.41) is 0. The normalized spacial score (nSPS) is 19.9. The molecule has 1 heterocycles. The van der Waals surface area contributed by atoms with Crippen molar-refractivity contribution in [1.82, 2.24) is 4.72 Å². The third kappa shape index (κ3) is 3.68. The highest BCUT2D eigenvalue weighted by molar-refractivity contribution is 7.91. The summed E-state index contributed by atoms with van der Waals surface area (Å²) >= 11 is 0. The maximum Gasteiger partial charge on any atom is 0.240 e. The highest BCUT2D eigenvalue weighted by Crippen LogP contribution is 2.19. The van der Waals surface area contributed by atoms with Crippen molar-refractivity contribution in [3.63, 3.8) is 0 Å². The first-order chi connectivity index (χ1) is 9.18. The summed E-state index contributed by atoms with van der Waals surface area (Å²) in [4.78, 5) is -0.261. The molecule has 1 saturated heterocycles. The molecule has 0 atom stereocenters. The average molecular weight is 322 g/mol. The Bertz CT molecular complexity index is 682. The van der Waals surface area contributed by atoms with Crippen LogP contribution in [0.15, 0.2) is 23.1 Å². The summed E-state index contributed by atoms with van der Waals surface area (Å²) in [6.45, 7) is 0. The monoisotopic (exact) mass is 322 g/mol. The molecule has 1 aliphatic heterocycles. The number of nitrogens with one attached hydrogen (secondary N) is 1. The van der Waals surface area contributed by atoms with Gasteiger partial charge in [-0.05, 0) is 31.0 Å². The number of halogens is 1. The molecule has 9 heteroatoms. The number of nitrogen functional groups attached to an aromatic ring is 1. The fraction of sp³-hybridized carbons (Fsp3) is 0.455. The maximum absolute atomic E-state index is 13.2. The number of benzene rings is 1. The maximum atomic E-state index is 13.2. The molecule has 0 amide bonds. The molecule has 1 aromatic rings. The predicted molar refractivity (Wildman–Crippen MR) is 72.8 cm³/mol. The number of anilines is 1. The van der Waals surface area contributed by atoms with Crippen LogP contribution in [0.4, 0.5) is 10.1 Å². The Morgan fingerprint density at radius 2 is 1.80 bits per heavy atom. The number of sulfone groups is 1. The van der Waals surface area contributed by atoms with Gasteiger partial charge in [-0.3, -0.25) is 0 Å². The van der Waals surface area contributed by atoms with Crippen molar-refractivity contribution >= 4 is 25.5 Å². The molecule has 6 nitrogen and oxygen atoms in total. The Labute approximate surface area is 117 Å². The standard InChI is InChI=1S/C11H15FN2O4S2/c12-8-5-9(13)7-11(6-8)20(17,18)14-10-1-3-19(15,16)4-2-10/h5-7,10,14H,1-4,13H2. The van der Waals surface area contributed by atoms with Crippen molar-refractivity contribution in [2.24, 2.45) is 0 Å². The Morgan fingerprint density at radius 3 is 2.35 bits per heavy atom. The summed E-state index contributed by atoms with van der Waals surface area (Å²) in [5.74, 6) is -0.840. The molecule has 0 bridgehead atoms. The molecule has 2 rings (SSSR count). The molecule has 1 aromatic carbocycles. The van der Waals surface area contributed by atoms with Crippen LogP contribution in [0.3, 0.4) is 0 Å². The molecular weight excluding hydrogens is 307 g/mol. The largest absolute Gasteiger partial charge is 0.399 e. The Balaban J connectivity index is 2.16. The first-order valence-corrected chi connectivity index (χ1v) is 9.27. The van der Waals surface area contributed by atoms with Gasteiger partial charge in [-0.25, -0.2) is 25.9 Å². The van der Waals surface area contributed by atoms with Crippen LogP contribution < -0.4 is 10.5 Å². The number of hydrogen-bond donors (Lipinski definition) is 2. The zero-order valence-corrected chi connectivity index (χ0v) is 12.2. The SMILES string of the molecule is Nc1cc(F)cc(S(=O)(=O)NC2CCS(=O)(=O)CC2)c1. The van der Waals surface area contributed by atoms with Crippen molar-refractivity contribution in [3.8, 4) is 0 Å². The van der Waals surface area contributed by atoms with E-state index < -0.39 is 31.7 Å². The molecule has 1 aliphatic rings. The fourth-order valence-corrected chi connectivity index (χ4v) is 4.90. The Morgan fingerprint density at radius 1 is 1.20 bits per heavy atom. The van der Waals surface area contributed by atoms with Crippen molar-refractivity contribution in [2.75, 3.05) is 17.2 Å². The van der Waals surface area contributed by atoms with Gasteiger partial charge in [-0.2, -0.15) is 0 Å².